The van der Waals surface area contributed by atoms with E-state index in [1.54, 1.807) is 14.2 Å². The SMILES string of the molecule is COc1ccc(C(CC(=O)N2CCC(C#N)CC2)C2CC2)cc1OC. The van der Waals surface area contributed by atoms with Crippen LogP contribution < -0.4 is 9.47 Å². The van der Waals surface area contributed by atoms with Gasteiger partial charge in [0.15, 0.2) is 11.5 Å². The first-order chi connectivity index (χ1) is 12.2. The molecule has 1 aliphatic heterocycles. The van der Waals surface area contributed by atoms with Crippen LogP contribution in [-0.4, -0.2) is 38.1 Å². The van der Waals surface area contributed by atoms with Crippen LogP contribution in [0, 0.1) is 23.2 Å². The van der Waals surface area contributed by atoms with Gasteiger partial charge >= 0.3 is 0 Å². The number of nitriles is 1. The number of carbonyl (C=O) groups excluding carboxylic acids is 1. The Kier molecular flexibility index (Phi) is 5.47. The Morgan fingerprint density at radius 2 is 1.88 bits per heavy atom. The van der Waals surface area contributed by atoms with Crippen LogP contribution in [0.5, 0.6) is 11.5 Å². The second-order valence-corrected chi connectivity index (χ2v) is 7.05. The summed E-state index contributed by atoms with van der Waals surface area (Å²) < 4.78 is 10.7. The van der Waals surface area contributed by atoms with Crippen LogP contribution in [0.4, 0.5) is 0 Å². The van der Waals surface area contributed by atoms with E-state index in [-0.39, 0.29) is 17.7 Å². The van der Waals surface area contributed by atoms with Crippen LogP contribution in [0.2, 0.25) is 0 Å². The number of likely N-dealkylation sites (tertiary alicyclic amines) is 1. The van der Waals surface area contributed by atoms with Crippen molar-refractivity contribution in [3.05, 3.63) is 23.8 Å². The summed E-state index contributed by atoms with van der Waals surface area (Å²) in [7, 11) is 3.27. The normalized spacial score (nSPS) is 19.2. The number of amides is 1. The minimum absolute atomic E-state index is 0.106. The maximum Gasteiger partial charge on any atom is 0.223 e. The summed E-state index contributed by atoms with van der Waals surface area (Å²) in [6, 6.07) is 8.31. The Labute approximate surface area is 149 Å². The number of nitrogens with zero attached hydrogens (tertiary/aromatic N) is 2. The van der Waals surface area contributed by atoms with Crippen molar-refractivity contribution in [2.45, 2.75) is 38.0 Å². The molecule has 1 aromatic rings. The molecule has 1 aliphatic carbocycles. The molecule has 0 spiro atoms. The molecule has 1 unspecified atom stereocenters. The van der Waals surface area contributed by atoms with Crippen LogP contribution in [0.1, 0.15) is 43.6 Å². The molecule has 25 heavy (non-hydrogen) atoms. The quantitative estimate of drug-likeness (QED) is 0.795. The second-order valence-electron chi connectivity index (χ2n) is 7.05. The van der Waals surface area contributed by atoms with Crippen molar-refractivity contribution in [3.8, 4) is 17.6 Å². The number of carbonyl (C=O) groups is 1. The number of methoxy groups -OCH3 is 2. The average Bonchev–Trinajstić information content (AvgIpc) is 3.50. The molecule has 1 aromatic carbocycles. The van der Waals surface area contributed by atoms with E-state index in [2.05, 4.69) is 12.1 Å². The van der Waals surface area contributed by atoms with Crippen LogP contribution in [0.3, 0.4) is 0 Å². The smallest absolute Gasteiger partial charge is 0.223 e. The lowest BCUT2D eigenvalue weighted by atomic mass is 9.89. The van der Waals surface area contributed by atoms with Gasteiger partial charge in [0.25, 0.3) is 0 Å². The number of rotatable bonds is 6. The summed E-state index contributed by atoms with van der Waals surface area (Å²) in [5.41, 5.74) is 1.15. The molecule has 0 radical (unpaired) electrons. The third kappa shape index (κ3) is 4.07. The molecule has 0 aromatic heterocycles. The number of hydrogen-bond acceptors (Lipinski definition) is 4. The summed E-state index contributed by atoms with van der Waals surface area (Å²) in [4.78, 5) is 14.7. The lowest BCUT2D eigenvalue weighted by Gasteiger charge is -2.30. The molecule has 0 N–H and O–H groups in total. The van der Waals surface area contributed by atoms with E-state index in [0.29, 0.717) is 36.9 Å². The predicted molar refractivity (Wildman–Crippen MR) is 94.5 cm³/mol. The number of piperidine rings is 1. The Bertz CT molecular complexity index is 655. The van der Waals surface area contributed by atoms with E-state index in [1.165, 1.54) is 12.8 Å². The van der Waals surface area contributed by atoms with Gasteiger partial charge in [0.2, 0.25) is 5.91 Å². The molecular weight excluding hydrogens is 316 g/mol. The topological polar surface area (TPSA) is 62.6 Å². The highest BCUT2D eigenvalue weighted by Gasteiger charge is 2.35. The molecule has 1 heterocycles. The van der Waals surface area contributed by atoms with Crippen LogP contribution in [-0.2, 0) is 4.79 Å². The fourth-order valence-corrected chi connectivity index (χ4v) is 3.71. The highest BCUT2D eigenvalue weighted by atomic mass is 16.5. The summed E-state index contributed by atoms with van der Waals surface area (Å²) >= 11 is 0. The lowest BCUT2D eigenvalue weighted by molar-refractivity contribution is -0.132. The average molecular weight is 342 g/mol. The van der Waals surface area contributed by atoms with E-state index in [4.69, 9.17) is 14.7 Å². The molecule has 134 valence electrons. The second kappa shape index (κ2) is 7.77. The molecule has 1 amide bonds. The molecule has 1 saturated heterocycles. The molecule has 3 rings (SSSR count). The van der Waals surface area contributed by atoms with Gasteiger partial charge in [0.1, 0.15) is 0 Å². The summed E-state index contributed by atoms with van der Waals surface area (Å²) in [5.74, 6) is 2.57. The zero-order chi connectivity index (χ0) is 17.8. The van der Waals surface area contributed by atoms with Gasteiger partial charge in [-0.1, -0.05) is 6.07 Å². The fraction of sp³-hybridized carbons (Fsp3) is 0.600. The Balaban J connectivity index is 1.70. The van der Waals surface area contributed by atoms with Crippen molar-refractivity contribution in [2.24, 2.45) is 11.8 Å². The number of hydrogen-bond donors (Lipinski definition) is 0. The van der Waals surface area contributed by atoms with E-state index in [1.807, 2.05) is 17.0 Å². The van der Waals surface area contributed by atoms with Crippen molar-refractivity contribution in [2.75, 3.05) is 27.3 Å². The molecule has 5 heteroatoms. The Morgan fingerprint density at radius 3 is 2.44 bits per heavy atom. The van der Waals surface area contributed by atoms with Crippen LogP contribution in [0.15, 0.2) is 18.2 Å². The predicted octanol–water partition coefficient (Wildman–Crippen LogP) is 3.35. The van der Waals surface area contributed by atoms with Crippen LogP contribution in [0.25, 0.3) is 0 Å². The maximum absolute atomic E-state index is 12.8. The van der Waals surface area contributed by atoms with Gasteiger partial charge in [0.05, 0.1) is 20.3 Å². The van der Waals surface area contributed by atoms with Crippen molar-refractivity contribution in [3.63, 3.8) is 0 Å². The van der Waals surface area contributed by atoms with E-state index >= 15 is 0 Å². The highest BCUT2D eigenvalue weighted by Crippen LogP contribution is 2.46. The largest absolute Gasteiger partial charge is 0.493 e. The zero-order valence-corrected chi connectivity index (χ0v) is 15.0. The number of benzene rings is 1. The fourth-order valence-electron chi connectivity index (χ4n) is 3.71. The summed E-state index contributed by atoms with van der Waals surface area (Å²) in [6.45, 7) is 1.42. The molecule has 1 atom stereocenters. The van der Waals surface area contributed by atoms with Gasteiger partial charge in [-0.3, -0.25) is 4.79 Å². The van der Waals surface area contributed by atoms with Gasteiger partial charge in [0, 0.05) is 25.4 Å². The third-order valence-electron chi connectivity index (χ3n) is 5.45. The van der Waals surface area contributed by atoms with Gasteiger partial charge in [-0.15, -0.1) is 0 Å². The third-order valence-corrected chi connectivity index (χ3v) is 5.45. The van der Waals surface area contributed by atoms with E-state index < -0.39 is 0 Å². The number of ether oxygens (including phenoxy) is 2. The highest BCUT2D eigenvalue weighted by molar-refractivity contribution is 5.77. The monoisotopic (exact) mass is 342 g/mol. The zero-order valence-electron chi connectivity index (χ0n) is 15.0. The molecule has 2 fully saturated rings. The van der Waals surface area contributed by atoms with Gasteiger partial charge in [-0.05, 0) is 55.2 Å². The van der Waals surface area contributed by atoms with E-state index in [9.17, 15) is 4.79 Å². The summed E-state index contributed by atoms with van der Waals surface area (Å²) in [5, 5.41) is 9.01. The molecule has 5 nitrogen and oxygen atoms in total. The maximum atomic E-state index is 12.8. The van der Waals surface area contributed by atoms with Gasteiger partial charge < -0.3 is 14.4 Å². The van der Waals surface area contributed by atoms with Crippen molar-refractivity contribution >= 4 is 5.91 Å². The van der Waals surface area contributed by atoms with Crippen molar-refractivity contribution < 1.29 is 14.3 Å². The van der Waals surface area contributed by atoms with Crippen LogP contribution >= 0.6 is 0 Å². The first-order valence-electron chi connectivity index (χ1n) is 9.05. The standard InChI is InChI=1S/C20H26N2O3/c1-24-18-6-5-16(11-19(18)25-2)17(15-3-4-15)12-20(23)22-9-7-14(13-21)8-10-22/h5-6,11,14-15,17H,3-4,7-10,12H2,1-2H3. The molecule has 0 bridgehead atoms. The minimum atomic E-state index is 0.106. The van der Waals surface area contributed by atoms with Gasteiger partial charge in [-0.2, -0.15) is 5.26 Å². The first kappa shape index (κ1) is 17.6. The summed E-state index contributed by atoms with van der Waals surface area (Å²) in [6.07, 6.45) is 4.50. The lowest BCUT2D eigenvalue weighted by Crippen LogP contribution is -2.38. The molecule has 2 aliphatic rings. The van der Waals surface area contributed by atoms with Gasteiger partial charge in [-0.25, -0.2) is 0 Å². The Morgan fingerprint density at radius 1 is 1.20 bits per heavy atom. The first-order valence-corrected chi connectivity index (χ1v) is 9.05. The Hall–Kier alpha value is -2.22. The van der Waals surface area contributed by atoms with Crippen molar-refractivity contribution in [1.82, 2.24) is 4.90 Å². The molecular formula is C20H26N2O3. The van der Waals surface area contributed by atoms with Crippen molar-refractivity contribution in [1.29, 1.82) is 5.26 Å². The minimum Gasteiger partial charge on any atom is -0.493 e. The molecule has 1 saturated carbocycles. The van der Waals surface area contributed by atoms with E-state index in [0.717, 1.165) is 18.4 Å².